The zero-order chi connectivity index (χ0) is 19.0. The first-order valence-corrected chi connectivity index (χ1v) is 8.97. The molecule has 0 atom stereocenters. The first kappa shape index (κ1) is 21.7. The van der Waals surface area contributed by atoms with Crippen LogP contribution in [0.5, 0.6) is 5.75 Å². The van der Waals surface area contributed by atoms with Gasteiger partial charge in [-0.25, -0.2) is 0 Å². The van der Waals surface area contributed by atoms with Crippen molar-refractivity contribution in [2.45, 2.75) is 52.6 Å². The molecule has 0 aliphatic carbocycles. The predicted molar refractivity (Wildman–Crippen MR) is 102 cm³/mol. The van der Waals surface area contributed by atoms with Crippen LogP contribution in [0.1, 0.15) is 47.0 Å². The molecule has 0 N–H and O–H groups in total. The van der Waals surface area contributed by atoms with E-state index in [-0.39, 0.29) is 33.7 Å². The molecule has 5 nitrogen and oxygen atoms in total. The molecule has 0 heterocycles. The minimum atomic E-state index is -0.556. The summed E-state index contributed by atoms with van der Waals surface area (Å²) in [4.78, 5) is 10.5. The van der Waals surface area contributed by atoms with E-state index in [9.17, 15) is 10.1 Å². The summed E-state index contributed by atoms with van der Waals surface area (Å²) in [5, 5.41) is 11.4. The molecule has 0 fully saturated rings. The molecule has 1 aromatic rings. The fourth-order valence-corrected chi connectivity index (χ4v) is 2.99. The molecule has 0 aliphatic heterocycles. The van der Waals surface area contributed by atoms with Gasteiger partial charge in [0.25, 0.3) is 0 Å². The standard InChI is InChI=1S/C18H25Cl2NO4/c1-5-25-18(3,4)9-6-7-13(2)8-10-24-17-15(20)11-14(19)12-16(17)21(22)23/h8,11-12H,5-7,9-10H2,1-4H3/b13-8+. The minimum absolute atomic E-state index is 0.0394. The van der Waals surface area contributed by atoms with Crippen LogP contribution in [0, 0.1) is 10.1 Å². The van der Waals surface area contributed by atoms with E-state index in [4.69, 9.17) is 32.7 Å². The third-order valence-corrected chi connectivity index (χ3v) is 4.23. The maximum atomic E-state index is 11.1. The molecule has 1 rings (SSSR count). The van der Waals surface area contributed by atoms with Gasteiger partial charge in [0.1, 0.15) is 6.61 Å². The summed E-state index contributed by atoms with van der Waals surface area (Å²) in [6.07, 6.45) is 4.77. The smallest absolute Gasteiger partial charge is 0.314 e. The van der Waals surface area contributed by atoms with Crippen LogP contribution in [-0.4, -0.2) is 23.7 Å². The zero-order valence-electron chi connectivity index (χ0n) is 15.1. The Morgan fingerprint density at radius 3 is 2.64 bits per heavy atom. The van der Waals surface area contributed by atoms with Crippen LogP contribution in [0.15, 0.2) is 23.8 Å². The molecule has 0 aliphatic rings. The molecular weight excluding hydrogens is 365 g/mol. The number of nitro groups is 1. The molecule has 0 bridgehead atoms. The van der Waals surface area contributed by atoms with E-state index in [0.717, 1.165) is 24.8 Å². The van der Waals surface area contributed by atoms with E-state index < -0.39 is 4.92 Å². The summed E-state index contributed by atoms with van der Waals surface area (Å²) < 4.78 is 11.2. The Balaban J connectivity index is 2.59. The van der Waals surface area contributed by atoms with Gasteiger partial charge in [-0.05, 0) is 59.1 Å². The summed E-state index contributed by atoms with van der Waals surface area (Å²) >= 11 is 11.8. The van der Waals surface area contributed by atoms with Crippen molar-refractivity contribution in [3.63, 3.8) is 0 Å². The Morgan fingerprint density at radius 1 is 1.36 bits per heavy atom. The predicted octanol–water partition coefficient (Wildman–Crippen LogP) is 6.21. The third kappa shape index (κ3) is 7.63. The highest BCUT2D eigenvalue weighted by Crippen LogP contribution is 2.37. The van der Waals surface area contributed by atoms with Crippen molar-refractivity contribution in [3.8, 4) is 5.75 Å². The van der Waals surface area contributed by atoms with Gasteiger partial charge in [0.2, 0.25) is 5.75 Å². The van der Waals surface area contributed by atoms with Gasteiger partial charge in [-0.15, -0.1) is 0 Å². The van der Waals surface area contributed by atoms with E-state index >= 15 is 0 Å². The van der Waals surface area contributed by atoms with Gasteiger partial charge in [0.15, 0.2) is 0 Å². The maximum Gasteiger partial charge on any atom is 0.314 e. The number of benzene rings is 1. The lowest BCUT2D eigenvalue weighted by Crippen LogP contribution is -2.24. The molecule has 0 unspecified atom stereocenters. The van der Waals surface area contributed by atoms with Crippen molar-refractivity contribution in [2.24, 2.45) is 0 Å². The quantitative estimate of drug-likeness (QED) is 0.271. The summed E-state index contributed by atoms with van der Waals surface area (Å²) in [6, 6.07) is 2.66. The van der Waals surface area contributed by atoms with Crippen LogP contribution < -0.4 is 4.74 Å². The van der Waals surface area contributed by atoms with Crippen LogP contribution >= 0.6 is 23.2 Å². The molecule has 25 heavy (non-hydrogen) atoms. The lowest BCUT2D eigenvalue weighted by Gasteiger charge is -2.24. The van der Waals surface area contributed by atoms with Crippen LogP contribution in [0.2, 0.25) is 10.0 Å². The second-order valence-electron chi connectivity index (χ2n) is 6.40. The fraction of sp³-hybridized carbons (Fsp3) is 0.556. The number of nitrogens with zero attached hydrogens (tertiary/aromatic N) is 1. The van der Waals surface area contributed by atoms with Crippen molar-refractivity contribution >= 4 is 28.9 Å². The number of ether oxygens (including phenoxy) is 2. The molecule has 140 valence electrons. The molecule has 0 amide bonds. The Morgan fingerprint density at radius 2 is 2.04 bits per heavy atom. The number of hydrogen-bond donors (Lipinski definition) is 0. The van der Waals surface area contributed by atoms with Crippen molar-refractivity contribution in [2.75, 3.05) is 13.2 Å². The van der Waals surface area contributed by atoms with Crippen molar-refractivity contribution < 1.29 is 14.4 Å². The first-order valence-electron chi connectivity index (χ1n) is 8.22. The zero-order valence-corrected chi connectivity index (χ0v) is 16.6. The fourth-order valence-electron chi connectivity index (χ4n) is 2.45. The molecule has 0 spiro atoms. The van der Waals surface area contributed by atoms with Crippen LogP contribution in [-0.2, 0) is 4.74 Å². The van der Waals surface area contributed by atoms with Crippen LogP contribution in [0.4, 0.5) is 5.69 Å². The Bertz CT molecular complexity index is 630. The van der Waals surface area contributed by atoms with E-state index in [0.29, 0.717) is 6.61 Å². The number of nitro benzene ring substituents is 1. The lowest BCUT2D eigenvalue weighted by atomic mass is 9.99. The molecule has 7 heteroatoms. The van der Waals surface area contributed by atoms with E-state index in [1.807, 2.05) is 19.9 Å². The Kier molecular flexibility index (Phi) is 8.69. The normalized spacial score (nSPS) is 12.3. The van der Waals surface area contributed by atoms with Gasteiger partial charge in [-0.2, -0.15) is 0 Å². The van der Waals surface area contributed by atoms with Gasteiger partial charge < -0.3 is 9.47 Å². The van der Waals surface area contributed by atoms with Gasteiger partial charge in [-0.3, -0.25) is 10.1 Å². The van der Waals surface area contributed by atoms with Crippen molar-refractivity contribution in [3.05, 3.63) is 43.9 Å². The van der Waals surface area contributed by atoms with Gasteiger partial charge in [0, 0.05) is 17.7 Å². The molecule has 1 aromatic carbocycles. The van der Waals surface area contributed by atoms with Crippen molar-refractivity contribution in [1.29, 1.82) is 0 Å². The minimum Gasteiger partial charge on any atom is -0.482 e. The number of halogens is 2. The van der Waals surface area contributed by atoms with Crippen LogP contribution in [0.25, 0.3) is 0 Å². The van der Waals surface area contributed by atoms with Gasteiger partial charge in [0.05, 0.1) is 15.5 Å². The molecule has 0 aromatic heterocycles. The molecule has 0 radical (unpaired) electrons. The van der Waals surface area contributed by atoms with E-state index in [2.05, 4.69) is 13.8 Å². The highest BCUT2D eigenvalue weighted by atomic mass is 35.5. The molecule has 0 saturated carbocycles. The topological polar surface area (TPSA) is 61.6 Å². The lowest BCUT2D eigenvalue weighted by molar-refractivity contribution is -0.385. The van der Waals surface area contributed by atoms with Gasteiger partial charge >= 0.3 is 5.69 Å². The number of hydrogen-bond acceptors (Lipinski definition) is 4. The Hall–Kier alpha value is -1.30. The second-order valence-corrected chi connectivity index (χ2v) is 7.24. The van der Waals surface area contributed by atoms with Gasteiger partial charge in [-0.1, -0.05) is 28.8 Å². The second kappa shape index (κ2) is 10.00. The highest BCUT2D eigenvalue weighted by Gasteiger charge is 2.20. The number of allylic oxidation sites excluding steroid dienone is 1. The third-order valence-electron chi connectivity index (χ3n) is 3.73. The SMILES string of the molecule is CCOC(C)(C)CCC/C(C)=C/COc1c(Cl)cc(Cl)cc1[N+](=O)[O-]. The average Bonchev–Trinajstić information content (AvgIpc) is 2.48. The van der Waals surface area contributed by atoms with Crippen LogP contribution in [0.3, 0.4) is 0 Å². The Labute approximate surface area is 159 Å². The monoisotopic (exact) mass is 389 g/mol. The average molecular weight is 390 g/mol. The first-order chi connectivity index (χ1) is 11.7. The summed E-state index contributed by atoms with van der Waals surface area (Å²) in [7, 11) is 0. The van der Waals surface area contributed by atoms with E-state index in [1.54, 1.807) is 0 Å². The summed E-state index contributed by atoms with van der Waals surface area (Å²) in [5.74, 6) is 0.0394. The maximum absolute atomic E-state index is 11.1. The van der Waals surface area contributed by atoms with E-state index in [1.165, 1.54) is 12.1 Å². The largest absolute Gasteiger partial charge is 0.482 e. The summed E-state index contributed by atoms with van der Waals surface area (Å²) in [5.41, 5.74) is 0.797. The highest BCUT2D eigenvalue weighted by molar-refractivity contribution is 6.36. The molecule has 0 saturated heterocycles. The number of rotatable bonds is 10. The molecular formula is C18H25Cl2NO4. The van der Waals surface area contributed by atoms with Crippen molar-refractivity contribution in [1.82, 2.24) is 0 Å². The summed E-state index contributed by atoms with van der Waals surface area (Å²) in [6.45, 7) is 9.08.